The lowest BCUT2D eigenvalue weighted by Crippen LogP contribution is -2.49. The number of carbonyl (C=O) groups excluding carboxylic acids is 1. The third kappa shape index (κ3) is 3.59. The number of likely N-dealkylation sites (tertiary alicyclic amines) is 1. The average Bonchev–Trinajstić information content (AvgIpc) is 2.96. The Balaban J connectivity index is 2.06. The highest BCUT2D eigenvalue weighted by atomic mass is 32.2. The number of amides is 1. The van der Waals surface area contributed by atoms with Crippen molar-refractivity contribution in [3.8, 4) is 0 Å². The maximum absolute atomic E-state index is 12.8. The minimum Gasteiger partial charge on any atom is -0.339 e. The van der Waals surface area contributed by atoms with E-state index < -0.39 is 10.0 Å². The summed E-state index contributed by atoms with van der Waals surface area (Å²) in [5.74, 6) is 0.601. The summed E-state index contributed by atoms with van der Waals surface area (Å²) < 4.78 is 25.5. The van der Waals surface area contributed by atoms with Crippen LogP contribution >= 0.6 is 0 Å². The van der Waals surface area contributed by atoms with Crippen LogP contribution in [-0.4, -0.2) is 55.0 Å². The largest absolute Gasteiger partial charge is 0.339 e. The Bertz CT molecular complexity index is 475. The van der Waals surface area contributed by atoms with E-state index in [1.165, 1.54) is 4.31 Å². The molecule has 5 nitrogen and oxygen atoms in total. The summed E-state index contributed by atoms with van der Waals surface area (Å²) in [5.41, 5.74) is 0. The minimum atomic E-state index is -3.18. The highest BCUT2D eigenvalue weighted by Gasteiger charge is 2.38. The van der Waals surface area contributed by atoms with Gasteiger partial charge in [0, 0.05) is 25.7 Å². The number of nitrogens with zero attached hydrogens (tertiary/aromatic N) is 2. The van der Waals surface area contributed by atoms with Gasteiger partial charge in [-0.1, -0.05) is 13.8 Å². The fourth-order valence-electron chi connectivity index (χ4n) is 3.57. The van der Waals surface area contributed by atoms with E-state index in [2.05, 4.69) is 13.8 Å². The van der Waals surface area contributed by atoms with Gasteiger partial charge in [0.15, 0.2) is 0 Å². The van der Waals surface area contributed by atoms with Crippen molar-refractivity contribution in [2.75, 3.05) is 25.4 Å². The molecule has 2 aliphatic rings. The van der Waals surface area contributed by atoms with Gasteiger partial charge in [-0.3, -0.25) is 4.79 Å². The van der Waals surface area contributed by atoms with Crippen LogP contribution in [0.4, 0.5) is 0 Å². The first kappa shape index (κ1) is 16.7. The molecule has 2 unspecified atom stereocenters. The molecule has 1 amide bonds. The van der Waals surface area contributed by atoms with E-state index in [0.29, 0.717) is 25.0 Å². The van der Waals surface area contributed by atoms with Gasteiger partial charge in [0.2, 0.25) is 15.9 Å². The quantitative estimate of drug-likeness (QED) is 0.793. The first-order valence-corrected chi connectivity index (χ1v) is 9.76. The second kappa shape index (κ2) is 6.65. The second-order valence-corrected chi connectivity index (χ2v) is 8.84. The zero-order valence-electron chi connectivity index (χ0n) is 13.4. The molecule has 2 aliphatic heterocycles. The van der Waals surface area contributed by atoms with E-state index in [4.69, 9.17) is 0 Å². The topological polar surface area (TPSA) is 57.7 Å². The van der Waals surface area contributed by atoms with Gasteiger partial charge in [0.05, 0.1) is 11.7 Å². The van der Waals surface area contributed by atoms with Crippen LogP contribution in [0.3, 0.4) is 0 Å². The Morgan fingerprint density at radius 1 is 1.19 bits per heavy atom. The number of hydrogen-bond donors (Lipinski definition) is 0. The number of sulfonamides is 1. The zero-order chi connectivity index (χ0) is 15.6. The van der Waals surface area contributed by atoms with Gasteiger partial charge in [-0.25, -0.2) is 12.7 Å². The average molecular weight is 316 g/mol. The van der Waals surface area contributed by atoms with E-state index in [1.807, 2.05) is 4.90 Å². The minimum absolute atomic E-state index is 0.117. The maximum Gasteiger partial charge on any atom is 0.227 e. The van der Waals surface area contributed by atoms with Crippen LogP contribution < -0.4 is 0 Å². The lowest BCUT2D eigenvalue weighted by molar-refractivity contribution is -0.138. The van der Waals surface area contributed by atoms with E-state index in [0.717, 1.165) is 32.2 Å². The highest BCUT2D eigenvalue weighted by Crippen LogP contribution is 2.28. The van der Waals surface area contributed by atoms with Crippen LogP contribution in [0, 0.1) is 11.8 Å². The third-order valence-corrected chi connectivity index (χ3v) is 6.69. The summed E-state index contributed by atoms with van der Waals surface area (Å²) in [4.78, 5) is 14.8. The monoisotopic (exact) mass is 316 g/mol. The van der Waals surface area contributed by atoms with Gasteiger partial charge in [-0.2, -0.15) is 0 Å². The molecule has 2 atom stereocenters. The molecule has 0 radical (unpaired) electrons. The van der Waals surface area contributed by atoms with Crippen LogP contribution in [0.15, 0.2) is 0 Å². The fourth-order valence-corrected chi connectivity index (χ4v) is 4.75. The summed E-state index contributed by atoms with van der Waals surface area (Å²) in [5, 5.41) is 0. The number of hydrogen-bond acceptors (Lipinski definition) is 3. The van der Waals surface area contributed by atoms with Gasteiger partial charge >= 0.3 is 0 Å². The molecular formula is C15H28N2O3S. The molecule has 2 fully saturated rings. The van der Waals surface area contributed by atoms with Crippen molar-refractivity contribution in [3.63, 3.8) is 0 Å². The molecule has 122 valence electrons. The van der Waals surface area contributed by atoms with Gasteiger partial charge in [-0.15, -0.1) is 0 Å². The molecule has 6 heteroatoms. The van der Waals surface area contributed by atoms with E-state index >= 15 is 0 Å². The van der Waals surface area contributed by atoms with Gasteiger partial charge in [0.25, 0.3) is 0 Å². The molecule has 2 rings (SSSR count). The normalized spacial score (nSPS) is 28.3. The zero-order valence-corrected chi connectivity index (χ0v) is 14.2. The second-order valence-electron chi connectivity index (χ2n) is 6.58. The molecule has 2 heterocycles. The SMILES string of the molecule is CCS(=O)(=O)N1CCCC(C(=O)N2CCCC2C(C)C)C1. The molecule has 0 spiro atoms. The first-order chi connectivity index (χ1) is 9.86. The number of carbonyl (C=O) groups is 1. The van der Waals surface area contributed by atoms with Crippen LogP contribution in [0.5, 0.6) is 0 Å². The van der Waals surface area contributed by atoms with E-state index in [9.17, 15) is 13.2 Å². The predicted octanol–water partition coefficient (Wildman–Crippen LogP) is 1.70. The fraction of sp³-hybridized carbons (Fsp3) is 0.933. The molecule has 2 saturated heterocycles. The number of piperidine rings is 1. The standard InChI is InChI=1S/C15H28N2O3S/c1-4-21(19,20)16-9-5-7-13(11-16)15(18)17-10-6-8-14(17)12(2)3/h12-14H,4-11H2,1-3H3. The van der Waals surface area contributed by atoms with Crippen LogP contribution in [0.1, 0.15) is 46.5 Å². The molecule has 21 heavy (non-hydrogen) atoms. The third-order valence-electron chi connectivity index (χ3n) is 4.84. The maximum atomic E-state index is 12.8. The molecule has 0 saturated carbocycles. The molecular weight excluding hydrogens is 288 g/mol. The molecule has 0 N–H and O–H groups in total. The van der Waals surface area contributed by atoms with Crippen LogP contribution in [-0.2, 0) is 14.8 Å². The molecule has 0 aromatic carbocycles. The van der Waals surface area contributed by atoms with Crippen molar-refractivity contribution in [1.29, 1.82) is 0 Å². The highest BCUT2D eigenvalue weighted by molar-refractivity contribution is 7.89. The lowest BCUT2D eigenvalue weighted by Gasteiger charge is -2.35. The Hall–Kier alpha value is -0.620. The Morgan fingerprint density at radius 2 is 1.86 bits per heavy atom. The molecule has 0 aliphatic carbocycles. The lowest BCUT2D eigenvalue weighted by atomic mass is 9.96. The first-order valence-electron chi connectivity index (χ1n) is 8.15. The summed E-state index contributed by atoms with van der Waals surface area (Å²) >= 11 is 0. The van der Waals surface area contributed by atoms with E-state index in [-0.39, 0.29) is 17.6 Å². The van der Waals surface area contributed by atoms with Crippen molar-refractivity contribution in [2.45, 2.75) is 52.5 Å². The number of rotatable bonds is 4. The summed E-state index contributed by atoms with van der Waals surface area (Å²) in [6.07, 6.45) is 3.75. The molecule has 0 aromatic heterocycles. The Kier molecular flexibility index (Phi) is 5.30. The van der Waals surface area contributed by atoms with Crippen molar-refractivity contribution >= 4 is 15.9 Å². The van der Waals surface area contributed by atoms with Gasteiger partial charge < -0.3 is 4.90 Å². The van der Waals surface area contributed by atoms with Gasteiger partial charge in [-0.05, 0) is 38.5 Å². The molecule has 0 bridgehead atoms. The van der Waals surface area contributed by atoms with Crippen molar-refractivity contribution in [1.82, 2.24) is 9.21 Å². The smallest absolute Gasteiger partial charge is 0.227 e. The van der Waals surface area contributed by atoms with Crippen molar-refractivity contribution in [2.24, 2.45) is 11.8 Å². The summed E-state index contributed by atoms with van der Waals surface area (Å²) in [7, 11) is -3.18. The Morgan fingerprint density at radius 3 is 2.48 bits per heavy atom. The predicted molar refractivity (Wildman–Crippen MR) is 83.3 cm³/mol. The Labute approximate surface area is 128 Å². The summed E-state index contributed by atoms with van der Waals surface area (Å²) in [6, 6.07) is 0.329. The van der Waals surface area contributed by atoms with Crippen LogP contribution in [0.25, 0.3) is 0 Å². The van der Waals surface area contributed by atoms with Gasteiger partial charge in [0.1, 0.15) is 0 Å². The van der Waals surface area contributed by atoms with Crippen molar-refractivity contribution < 1.29 is 13.2 Å². The van der Waals surface area contributed by atoms with Crippen molar-refractivity contribution in [3.05, 3.63) is 0 Å². The molecule has 0 aromatic rings. The van der Waals surface area contributed by atoms with Crippen LogP contribution in [0.2, 0.25) is 0 Å². The van der Waals surface area contributed by atoms with E-state index in [1.54, 1.807) is 6.92 Å². The summed E-state index contributed by atoms with van der Waals surface area (Å²) in [6.45, 7) is 7.74.